The van der Waals surface area contributed by atoms with Crippen LogP contribution in [0.15, 0.2) is 24.3 Å². The zero-order valence-electron chi connectivity index (χ0n) is 10.1. The number of hydrogen-bond acceptors (Lipinski definition) is 2. The number of ether oxygens (including phenoxy) is 1. The molecule has 4 heteroatoms. The summed E-state index contributed by atoms with van der Waals surface area (Å²) in [6.07, 6.45) is 2.60. The van der Waals surface area contributed by atoms with Gasteiger partial charge in [0.1, 0.15) is 5.75 Å². The van der Waals surface area contributed by atoms with Gasteiger partial charge in [0, 0.05) is 12.5 Å². The predicted octanol–water partition coefficient (Wildman–Crippen LogP) is 3.43. The van der Waals surface area contributed by atoms with Gasteiger partial charge >= 0.3 is 0 Å². The monoisotopic (exact) mass is 367 g/mol. The molecule has 0 radical (unpaired) electrons. The van der Waals surface area contributed by atoms with E-state index in [1.807, 2.05) is 18.2 Å². The first-order valence-electron chi connectivity index (χ1n) is 5.81. The third kappa shape index (κ3) is 4.64. The number of likely N-dealkylation sites (tertiary alicyclic amines) is 1. The summed E-state index contributed by atoms with van der Waals surface area (Å²) >= 11 is 2.32. The minimum atomic E-state index is 0. The Morgan fingerprint density at radius 2 is 2.18 bits per heavy atom. The van der Waals surface area contributed by atoms with Gasteiger partial charge in [-0.1, -0.05) is 12.1 Å². The number of piperidine rings is 1. The molecule has 1 saturated heterocycles. The number of hydrogen-bond donors (Lipinski definition) is 0. The Balaban J connectivity index is 0.00000144. The van der Waals surface area contributed by atoms with Crippen LogP contribution in [0.2, 0.25) is 0 Å². The van der Waals surface area contributed by atoms with E-state index in [-0.39, 0.29) is 12.4 Å². The first kappa shape index (κ1) is 15.1. The van der Waals surface area contributed by atoms with E-state index in [0.29, 0.717) is 5.92 Å². The minimum absolute atomic E-state index is 0. The van der Waals surface area contributed by atoms with Crippen LogP contribution in [-0.2, 0) is 0 Å². The van der Waals surface area contributed by atoms with Gasteiger partial charge < -0.3 is 9.64 Å². The third-order valence-electron chi connectivity index (χ3n) is 3.03. The Kier molecular flexibility index (Phi) is 6.59. The molecule has 0 aliphatic carbocycles. The van der Waals surface area contributed by atoms with Crippen molar-refractivity contribution < 1.29 is 4.74 Å². The molecule has 2 nitrogen and oxygen atoms in total. The SMILES string of the molecule is CN1CCC[C@@H](COc2ccccc2I)C1.Cl. The van der Waals surface area contributed by atoms with E-state index in [4.69, 9.17) is 4.74 Å². The molecule has 0 unspecified atom stereocenters. The van der Waals surface area contributed by atoms with Crippen LogP contribution in [0.1, 0.15) is 12.8 Å². The molecule has 1 aliphatic rings. The maximum Gasteiger partial charge on any atom is 0.132 e. The van der Waals surface area contributed by atoms with Crippen LogP contribution >= 0.6 is 35.0 Å². The fourth-order valence-corrected chi connectivity index (χ4v) is 2.72. The number of benzene rings is 1. The lowest BCUT2D eigenvalue weighted by Gasteiger charge is -2.29. The summed E-state index contributed by atoms with van der Waals surface area (Å²) < 4.78 is 7.09. The van der Waals surface area contributed by atoms with Crippen LogP contribution in [-0.4, -0.2) is 31.6 Å². The van der Waals surface area contributed by atoms with Crippen molar-refractivity contribution in [1.82, 2.24) is 4.90 Å². The highest BCUT2D eigenvalue weighted by Crippen LogP contribution is 2.22. The van der Waals surface area contributed by atoms with E-state index in [1.165, 1.54) is 29.5 Å². The fraction of sp³-hybridized carbons (Fsp3) is 0.538. The van der Waals surface area contributed by atoms with Gasteiger partial charge in [0.15, 0.2) is 0 Å². The number of rotatable bonds is 3. The molecule has 0 saturated carbocycles. The van der Waals surface area contributed by atoms with Gasteiger partial charge in [0.05, 0.1) is 10.2 Å². The largest absolute Gasteiger partial charge is 0.492 e. The zero-order chi connectivity index (χ0) is 11.4. The Bertz CT molecular complexity index is 348. The molecule has 1 heterocycles. The molecule has 0 aromatic heterocycles. The van der Waals surface area contributed by atoms with E-state index in [9.17, 15) is 0 Å². The van der Waals surface area contributed by atoms with E-state index in [0.717, 1.165) is 12.4 Å². The van der Waals surface area contributed by atoms with Gasteiger partial charge in [-0.15, -0.1) is 12.4 Å². The van der Waals surface area contributed by atoms with Crippen molar-refractivity contribution in [2.24, 2.45) is 5.92 Å². The highest BCUT2D eigenvalue weighted by atomic mass is 127. The molecule has 1 aromatic carbocycles. The van der Waals surface area contributed by atoms with Crippen LogP contribution < -0.4 is 4.74 Å². The lowest BCUT2D eigenvalue weighted by Crippen LogP contribution is -2.34. The number of halogens is 2. The summed E-state index contributed by atoms with van der Waals surface area (Å²) in [4.78, 5) is 2.40. The molecule has 17 heavy (non-hydrogen) atoms. The van der Waals surface area contributed by atoms with Gasteiger partial charge in [-0.05, 0) is 61.2 Å². The molecule has 0 spiro atoms. The summed E-state index contributed by atoms with van der Waals surface area (Å²) in [5, 5.41) is 0. The second kappa shape index (κ2) is 7.44. The summed E-state index contributed by atoms with van der Waals surface area (Å²) in [5.41, 5.74) is 0. The van der Waals surface area contributed by atoms with Crippen molar-refractivity contribution in [2.45, 2.75) is 12.8 Å². The Morgan fingerprint density at radius 3 is 2.88 bits per heavy atom. The van der Waals surface area contributed by atoms with Crippen molar-refractivity contribution in [3.05, 3.63) is 27.8 Å². The van der Waals surface area contributed by atoms with Crippen LogP contribution in [0.25, 0.3) is 0 Å². The normalized spacial score (nSPS) is 20.7. The second-order valence-corrected chi connectivity index (χ2v) is 5.67. The first-order valence-corrected chi connectivity index (χ1v) is 6.89. The van der Waals surface area contributed by atoms with Crippen molar-refractivity contribution in [1.29, 1.82) is 0 Å². The number of para-hydroxylation sites is 1. The lowest BCUT2D eigenvalue weighted by atomic mass is 10.00. The van der Waals surface area contributed by atoms with Gasteiger partial charge in [-0.25, -0.2) is 0 Å². The molecular weight excluding hydrogens is 349 g/mol. The molecule has 2 rings (SSSR count). The molecule has 1 aliphatic heterocycles. The Morgan fingerprint density at radius 1 is 1.41 bits per heavy atom. The molecule has 0 bridgehead atoms. The van der Waals surface area contributed by atoms with Gasteiger partial charge in [0.2, 0.25) is 0 Å². The quantitative estimate of drug-likeness (QED) is 0.759. The summed E-state index contributed by atoms with van der Waals surface area (Å²) in [7, 11) is 2.19. The highest BCUT2D eigenvalue weighted by Gasteiger charge is 2.17. The van der Waals surface area contributed by atoms with Crippen LogP contribution in [0, 0.1) is 9.49 Å². The molecule has 1 fully saturated rings. The molecular formula is C13H19ClINO. The predicted molar refractivity (Wildman–Crippen MR) is 82.1 cm³/mol. The third-order valence-corrected chi connectivity index (χ3v) is 3.92. The Labute approximate surface area is 123 Å². The topological polar surface area (TPSA) is 12.5 Å². The molecule has 0 amide bonds. The maximum atomic E-state index is 5.89. The highest BCUT2D eigenvalue weighted by molar-refractivity contribution is 14.1. The van der Waals surface area contributed by atoms with Crippen LogP contribution in [0.4, 0.5) is 0 Å². The van der Waals surface area contributed by atoms with Crippen LogP contribution in [0.3, 0.4) is 0 Å². The summed E-state index contributed by atoms with van der Waals surface area (Å²) in [6, 6.07) is 8.21. The molecule has 1 atom stereocenters. The number of nitrogens with zero attached hydrogens (tertiary/aromatic N) is 1. The average Bonchev–Trinajstić information content (AvgIpc) is 2.28. The molecule has 0 N–H and O–H groups in total. The van der Waals surface area contributed by atoms with Crippen molar-refractivity contribution in [2.75, 3.05) is 26.7 Å². The zero-order valence-corrected chi connectivity index (χ0v) is 13.0. The summed E-state index contributed by atoms with van der Waals surface area (Å²) in [5.74, 6) is 1.71. The second-order valence-electron chi connectivity index (χ2n) is 4.51. The maximum absolute atomic E-state index is 5.89. The molecule has 1 aromatic rings. The van der Waals surface area contributed by atoms with Gasteiger partial charge in [-0.3, -0.25) is 0 Å². The minimum Gasteiger partial charge on any atom is -0.492 e. The lowest BCUT2D eigenvalue weighted by molar-refractivity contribution is 0.150. The van der Waals surface area contributed by atoms with Gasteiger partial charge in [0.25, 0.3) is 0 Å². The van der Waals surface area contributed by atoms with Crippen molar-refractivity contribution >= 4 is 35.0 Å². The van der Waals surface area contributed by atoms with E-state index in [2.05, 4.69) is 40.6 Å². The smallest absolute Gasteiger partial charge is 0.132 e. The standard InChI is InChI=1S/C13H18INO.ClH/c1-15-8-4-5-11(9-15)10-16-13-7-3-2-6-12(13)14;/h2-3,6-7,11H,4-5,8-10H2,1H3;1H/t11-;/m1./s1. The molecule has 96 valence electrons. The average molecular weight is 368 g/mol. The summed E-state index contributed by atoms with van der Waals surface area (Å²) in [6.45, 7) is 3.26. The first-order chi connectivity index (χ1) is 7.75. The fourth-order valence-electron chi connectivity index (χ4n) is 2.18. The van der Waals surface area contributed by atoms with E-state index in [1.54, 1.807) is 0 Å². The van der Waals surface area contributed by atoms with E-state index < -0.39 is 0 Å². The van der Waals surface area contributed by atoms with Crippen molar-refractivity contribution in [3.8, 4) is 5.75 Å². The van der Waals surface area contributed by atoms with Crippen LogP contribution in [0.5, 0.6) is 5.75 Å². The van der Waals surface area contributed by atoms with Crippen molar-refractivity contribution in [3.63, 3.8) is 0 Å². The van der Waals surface area contributed by atoms with E-state index >= 15 is 0 Å². The van der Waals surface area contributed by atoms with Gasteiger partial charge in [-0.2, -0.15) is 0 Å². The Hall–Kier alpha value is -0.0000000000000000555.